The van der Waals surface area contributed by atoms with Gasteiger partial charge in [-0.05, 0) is 6.26 Å². The number of hydrogen-bond donors (Lipinski definition) is 0. The average molecular weight is 83.9 g/mol. The van der Waals surface area contributed by atoms with E-state index in [2.05, 4.69) is 0 Å². The van der Waals surface area contributed by atoms with Gasteiger partial charge in [-0.3, -0.25) is 0 Å². The van der Waals surface area contributed by atoms with Gasteiger partial charge in [-0.15, -0.1) is 0 Å². The van der Waals surface area contributed by atoms with Crippen LogP contribution in [0.15, 0.2) is 0 Å². The standard InChI is InChI=1S/C2H3BNS/c1-5-3-2-4/h1H3. The van der Waals surface area contributed by atoms with E-state index in [0.29, 0.717) is 0 Å². The predicted molar refractivity (Wildman–Crippen MR) is 24.9 cm³/mol. The van der Waals surface area contributed by atoms with Gasteiger partial charge in [-0.1, -0.05) is 0 Å². The topological polar surface area (TPSA) is 23.8 Å². The van der Waals surface area contributed by atoms with E-state index in [1.165, 1.54) is 18.2 Å². The summed E-state index contributed by atoms with van der Waals surface area (Å²) in [5.74, 6) is 1.86. The van der Waals surface area contributed by atoms with Crippen molar-refractivity contribution in [1.29, 1.82) is 5.26 Å². The molecule has 0 aromatic carbocycles. The van der Waals surface area contributed by atoms with E-state index in [0.717, 1.165) is 0 Å². The SMILES string of the molecule is CS[B]C#N. The highest BCUT2D eigenvalue weighted by Gasteiger charge is 1.72. The molecule has 3 heteroatoms. The molecule has 0 aliphatic rings. The van der Waals surface area contributed by atoms with Gasteiger partial charge < -0.3 is 0 Å². The van der Waals surface area contributed by atoms with Crippen LogP contribution in [0.25, 0.3) is 0 Å². The largest absolute Gasteiger partial charge is 0.329 e. The van der Waals surface area contributed by atoms with Crippen molar-refractivity contribution in [3.63, 3.8) is 0 Å². The van der Waals surface area contributed by atoms with E-state index in [1.807, 2.05) is 12.2 Å². The molecule has 5 heavy (non-hydrogen) atoms. The summed E-state index contributed by atoms with van der Waals surface area (Å²) < 4.78 is 0. The van der Waals surface area contributed by atoms with Crippen molar-refractivity contribution < 1.29 is 0 Å². The summed E-state index contributed by atoms with van der Waals surface area (Å²) in [4.78, 5) is 0. The Balaban J connectivity index is 2.48. The summed E-state index contributed by atoms with van der Waals surface area (Å²) in [6.07, 6.45) is 1.85. The highest BCUT2D eigenvalue weighted by atomic mass is 32.2. The molecule has 0 saturated carbocycles. The lowest BCUT2D eigenvalue weighted by Gasteiger charge is -1.63. The first-order valence-corrected chi connectivity index (χ1v) is 2.44. The van der Waals surface area contributed by atoms with Gasteiger partial charge in [0.05, 0.1) is 0 Å². The maximum atomic E-state index is 7.74. The Bertz CT molecular complexity index is 48.1. The summed E-state index contributed by atoms with van der Waals surface area (Å²) >= 11 is 1.42. The highest BCUT2D eigenvalue weighted by Crippen LogP contribution is 1.79. The Kier molecular flexibility index (Phi) is 3.83. The van der Waals surface area contributed by atoms with Crippen LogP contribution in [0.2, 0.25) is 0 Å². The fourth-order valence-corrected chi connectivity index (χ4v) is 0.158. The molecule has 0 aromatic heterocycles. The molecular weight excluding hydrogens is 80.9 g/mol. The number of nitrogens with zero attached hydrogens (tertiary/aromatic N) is 1. The van der Waals surface area contributed by atoms with E-state index in [9.17, 15) is 0 Å². The van der Waals surface area contributed by atoms with Gasteiger partial charge in [-0.2, -0.15) is 0 Å². The van der Waals surface area contributed by atoms with Gasteiger partial charge in [-0.25, -0.2) is 16.9 Å². The molecule has 0 spiro atoms. The molecule has 25 valence electrons. The molecule has 1 nitrogen and oxygen atoms in total. The zero-order chi connectivity index (χ0) is 4.12. The molecule has 0 aliphatic carbocycles. The fraction of sp³-hybridized carbons (Fsp3) is 0.500. The van der Waals surface area contributed by atoms with Crippen LogP contribution in [0.4, 0.5) is 0 Å². The van der Waals surface area contributed by atoms with Crippen molar-refractivity contribution in [2.75, 3.05) is 6.26 Å². The lowest BCUT2D eigenvalue weighted by Crippen LogP contribution is -1.67. The molecule has 0 rings (SSSR count). The quantitative estimate of drug-likeness (QED) is 0.430. The van der Waals surface area contributed by atoms with E-state index >= 15 is 0 Å². The molecule has 0 saturated heterocycles. The Hall–Kier alpha value is -0.0951. The Labute approximate surface area is 36.5 Å². The van der Waals surface area contributed by atoms with Gasteiger partial charge >= 0.3 is 6.56 Å². The summed E-state index contributed by atoms with van der Waals surface area (Å²) in [5.41, 5.74) is 0. The van der Waals surface area contributed by atoms with Crippen LogP contribution in [0, 0.1) is 11.2 Å². The van der Waals surface area contributed by atoms with Crippen LogP contribution in [-0.2, 0) is 0 Å². The van der Waals surface area contributed by atoms with Crippen LogP contribution in [0.5, 0.6) is 0 Å². The lowest BCUT2D eigenvalue weighted by molar-refractivity contribution is 1.56. The second-order valence-corrected chi connectivity index (χ2v) is 1.19. The van der Waals surface area contributed by atoms with Gasteiger partial charge in [0, 0.05) is 5.97 Å². The molecule has 0 unspecified atom stereocenters. The summed E-state index contributed by atoms with van der Waals surface area (Å²) in [6.45, 7) is 1.47. The molecule has 0 fully saturated rings. The maximum absolute atomic E-state index is 7.74. The third-order valence-corrected chi connectivity index (χ3v) is 0.512. The van der Waals surface area contributed by atoms with Gasteiger partial charge in [0.15, 0.2) is 0 Å². The van der Waals surface area contributed by atoms with Crippen LogP contribution in [0.3, 0.4) is 0 Å². The van der Waals surface area contributed by atoms with Crippen LogP contribution in [-0.4, -0.2) is 12.8 Å². The first kappa shape index (κ1) is 4.90. The minimum Gasteiger partial charge on any atom is -0.212 e. The zero-order valence-corrected chi connectivity index (χ0v) is 3.75. The normalized spacial score (nSPS) is 5.60. The third-order valence-electron chi connectivity index (χ3n) is 0.171. The number of hydrogen-bond acceptors (Lipinski definition) is 2. The van der Waals surface area contributed by atoms with E-state index in [-0.39, 0.29) is 0 Å². The van der Waals surface area contributed by atoms with Crippen molar-refractivity contribution in [3.05, 3.63) is 0 Å². The second kappa shape index (κ2) is 3.90. The Morgan fingerprint density at radius 2 is 2.60 bits per heavy atom. The van der Waals surface area contributed by atoms with Crippen LogP contribution < -0.4 is 0 Å². The predicted octanol–water partition coefficient (Wildman–Crippen LogP) is 0.450. The molecule has 0 bridgehead atoms. The summed E-state index contributed by atoms with van der Waals surface area (Å²) in [7, 11) is 0. The van der Waals surface area contributed by atoms with Gasteiger partial charge in [0.25, 0.3) is 0 Å². The highest BCUT2D eigenvalue weighted by molar-refractivity contribution is 8.22. The van der Waals surface area contributed by atoms with Crippen molar-refractivity contribution in [1.82, 2.24) is 0 Å². The first-order valence-electron chi connectivity index (χ1n) is 1.16. The smallest absolute Gasteiger partial charge is 0.212 e. The summed E-state index contributed by atoms with van der Waals surface area (Å²) in [6, 6.07) is 0. The van der Waals surface area contributed by atoms with Crippen molar-refractivity contribution in [2.45, 2.75) is 0 Å². The monoisotopic (exact) mass is 84.0 g/mol. The molecule has 0 atom stereocenters. The van der Waals surface area contributed by atoms with Crippen molar-refractivity contribution in [2.24, 2.45) is 0 Å². The number of rotatable bonds is 1. The molecule has 0 amide bonds. The molecule has 0 N–H and O–H groups in total. The molecule has 0 aliphatic heterocycles. The molecule has 0 heterocycles. The average Bonchev–Trinajstić information content (AvgIpc) is 1.41. The Morgan fingerprint density at radius 1 is 2.00 bits per heavy atom. The molecular formula is C2H3BNS. The fourth-order valence-electron chi connectivity index (χ4n) is 0.0527. The van der Waals surface area contributed by atoms with Crippen LogP contribution in [0.1, 0.15) is 0 Å². The minimum atomic E-state index is 1.42. The van der Waals surface area contributed by atoms with Crippen molar-refractivity contribution >= 4 is 18.2 Å². The van der Waals surface area contributed by atoms with Gasteiger partial charge in [0.1, 0.15) is 0 Å². The van der Waals surface area contributed by atoms with Crippen LogP contribution >= 0.6 is 11.6 Å². The number of nitriles is 1. The van der Waals surface area contributed by atoms with E-state index < -0.39 is 0 Å². The molecule has 1 radical (unpaired) electrons. The Morgan fingerprint density at radius 3 is 2.60 bits per heavy atom. The van der Waals surface area contributed by atoms with E-state index in [1.54, 1.807) is 0 Å². The van der Waals surface area contributed by atoms with Gasteiger partial charge in [0.2, 0.25) is 0 Å². The summed E-state index contributed by atoms with van der Waals surface area (Å²) in [5, 5.41) is 7.74. The second-order valence-electron chi connectivity index (χ2n) is 0.483. The minimum absolute atomic E-state index is 1.42. The third kappa shape index (κ3) is 3.90. The first-order chi connectivity index (χ1) is 2.41. The lowest BCUT2D eigenvalue weighted by atomic mass is 10.2. The zero-order valence-electron chi connectivity index (χ0n) is 2.93. The van der Waals surface area contributed by atoms with Crippen molar-refractivity contribution in [3.8, 4) is 5.97 Å². The van der Waals surface area contributed by atoms with E-state index in [4.69, 9.17) is 5.26 Å². The maximum Gasteiger partial charge on any atom is 0.329 e. The molecule has 0 aromatic rings.